The first kappa shape index (κ1) is 50.6. The molecule has 356 valence electrons. The third-order valence-electron chi connectivity index (χ3n) is 8.27. The van der Waals surface area contributed by atoms with Crippen LogP contribution in [0.5, 0.6) is 17.4 Å². The van der Waals surface area contributed by atoms with Crippen molar-refractivity contribution in [3.8, 4) is 23.1 Å². The molecule has 36 heteroatoms. The maximum atomic E-state index is 12.6. The molecule has 0 spiro atoms. The van der Waals surface area contributed by atoms with E-state index in [4.69, 9.17) is 15.8 Å². The monoisotopic (exact) mass is 1040 g/mol. The SMILES string of the molecule is O=C(O)c1nn(-c2ccc(SOOO)cc2)c(O)c1/N=N/c1ccc(/N=N/c2c(SOOO)cc3cc(S(=O)(=O)O)c(/N=N/c4ccc([N+](=O)[O-])cc4SOOO)c(O)c3c2O)c(S(=O)(=O)O)c1. The zero-order valence-corrected chi connectivity index (χ0v) is 36.4. The van der Waals surface area contributed by atoms with Crippen LogP contribution in [0.4, 0.5) is 39.8 Å². The Morgan fingerprint density at radius 3 is 1.85 bits per heavy atom. The number of aromatic nitrogens is 2. The molecule has 0 aliphatic rings. The molecular weight excluding hydrogens is 1020 g/mol. The number of benzene rings is 5. The highest BCUT2D eigenvalue weighted by atomic mass is 32.2. The standard InChI is InChI=1S/C32H21N9O22S5/c42-29-24-13(10-23(68(55,56)57)26(30(24)43)37-34-18-8-4-16(41(47)48)12-20(18)65-62-59-50)9-21(66-63-60-51)25(29)36-35-19-7-1-14(11-22(19)67(52,53)54)33-38-27-28(32(45)46)39-40(31(27)44)15-2-5-17(6-3-15)64-61-58-49/h1-12,42-44,49-51H,(H,45,46)(H,52,53,54)(H,55,56,57)/b36-35+,37-34+,38-33+. The Morgan fingerprint density at radius 2 is 1.24 bits per heavy atom. The van der Waals surface area contributed by atoms with Gasteiger partial charge in [0.2, 0.25) is 11.6 Å². The fourth-order valence-electron chi connectivity index (χ4n) is 5.47. The van der Waals surface area contributed by atoms with Gasteiger partial charge in [0.15, 0.2) is 17.2 Å². The lowest BCUT2D eigenvalue weighted by atomic mass is 10.1. The van der Waals surface area contributed by atoms with Crippen LogP contribution in [0, 0.1) is 10.1 Å². The fourth-order valence-corrected chi connectivity index (χ4v) is 8.09. The van der Waals surface area contributed by atoms with Gasteiger partial charge in [0.25, 0.3) is 25.9 Å². The Kier molecular flexibility index (Phi) is 15.9. The molecule has 0 fully saturated rings. The van der Waals surface area contributed by atoms with Crippen LogP contribution in [0.2, 0.25) is 0 Å². The van der Waals surface area contributed by atoms with Crippen LogP contribution in [0.3, 0.4) is 0 Å². The van der Waals surface area contributed by atoms with Crippen LogP contribution < -0.4 is 0 Å². The van der Waals surface area contributed by atoms with Gasteiger partial charge in [-0.05, 0) is 66.0 Å². The van der Waals surface area contributed by atoms with Gasteiger partial charge < -0.3 is 20.4 Å². The summed E-state index contributed by atoms with van der Waals surface area (Å²) in [4.78, 5) is 20.1. The second kappa shape index (κ2) is 21.4. The van der Waals surface area contributed by atoms with Crippen molar-refractivity contribution in [1.29, 1.82) is 0 Å². The van der Waals surface area contributed by atoms with Crippen LogP contribution in [0.25, 0.3) is 16.5 Å². The number of hydrogen-bond acceptors (Lipinski definition) is 29. The van der Waals surface area contributed by atoms with Gasteiger partial charge in [-0.1, -0.05) is 15.1 Å². The number of phenols is 2. The van der Waals surface area contributed by atoms with Crippen LogP contribution in [-0.2, 0) is 48.4 Å². The number of nitro groups is 1. The number of hydrogen-bond donors (Lipinski definition) is 9. The highest BCUT2D eigenvalue weighted by Gasteiger charge is 2.28. The van der Waals surface area contributed by atoms with Gasteiger partial charge in [0, 0.05) is 17.0 Å². The summed E-state index contributed by atoms with van der Waals surface area (Å²) in [6, 6.07) is 12.6. The first-order valence-electron chi connectivity index (χ1n) is 17.1. The number of nitro benzene ring substituents is 1. The van der Waals surface area contributed by atoms with Gasteiger partial charge in [-0.2, -0.15) is 31.7 Å². The number of phenolic OH excluding ortho intramolecular Hbond substituents is 2. The second-order valence-electron chi connectivity index (χ2n) is 12.3. The zero-order valence-electron chi connectivity index (χ0n) is 32.3. The quantitative estimate of drug-likeness (QED) is 0.00860. The van der Waals surface area contributed by atoms with Crippen LogP contribution in [0.1, 0.15) is 10.5 Å². The molecule has 0 amide bonds. The Bertz CT molecular complexity index is 3270. The molecule has 0 unspecified atom stereocenters. The molecule has 0 aliphatic heterocycles. The summed E-state index contributed by atoms with van der Waals surface area (Å²) in [7, 11) is -10.6. The molecule has 0 atom stereocenters. The lowest BCUT2D eigenvalue weighted by Crippen LogP contribution is -2.01. The number of fused-ring (bicyclic) bond motifs is 1. The van der Waals surface area contributed by atoms with E-state index in [0.29, 0.717) is 29.1 Å². The Labute approximate surface area is 388 Å². The average molecular weight is 1040 g/mol. The molecule has 1 aromatic heterocycles. The summed E-state index contributed by atoms with van der Waals surface area (Å²) in [6.45, 7) is 0. The number of aromatic hydroxyl groups is 3. The van der Waals surface area contributed by atoms with E-state index < -0.39 is 114 Å². The molecular formula is C32H21N9O22S5. The van der Waals surface area contributed by atoms with E-state index in [1.165, 1.54) is 24.3 Å². The van der Waals surface area contributed by atoms with Crippen molar-refractivity contribution in [3.63, 3.8) is 0 Å². The normalized spacial score (nSPS) is 12.3. The van der Waals surface area contributed by atoms with Gasteiger partial charge in [0.05, 0.1) is 67.6 Å². The summed E-state index contributed by atoms with van der Waals surface area (Å²) < 4.78 is 84.3. The molecule has 0 aliphatic carbocycles. The maximum absolute atomic E-state index is 12.6. The molecule has 5 aromatic carbocycles. The first-order valence-corrected chi connectivity index (χ1v) is 22.2. The van der Waals surface area contributed by atoms with Crippen LogP contribution in [-0.4, -0.2) is 82.8 Å². The van der Waals surface area contributed by atoms with Gasteiger partial charge in [-0.15, -0.1) is 38.6 Å². The van der Waals surface area contributed by atoms with Crippen LogP contribution in [0.15, 0.2) is 128 Å². The van der Waals surface area contributed by atoms with E-state index in [9.17, 15) is 61.3 Å². The summed E-state index contributed by atoms with van der Waals surface area (Å²) in [6.07, 6.45) is 0. The maximum Gasteiger partial charge on any atom is 0.358 e. The molecule has 0 saturated heterocycles. The number of carboxylic acid groups (broad SMARTS) is 1. The summed E-state index contributed by atoms with van der Waals surface area (Å²) in [5.41, 5.74) is -5.12. The van der Waals surface area contributed by atoms with Crippen molar-refractivity contribution >= 4 is 113 Å². The van der Waals surface area contributed by atoms with Gasteiger partial charge in [-0.25, -0.2) is 20.6 Å². The highest BCUT2D eigenvalue weighted by Crippen LogP contribution is 2.52. The molecule has 9 N–H and O–H groups in total. The molecule has 6 aromatic rings. The van der Waals surface area contributed by atoms with Crippen molar-refractivity contribution in [2.75, 3.05) is 0 Å². The fraction of sp³-hybridized carbons (Fsp3) is 0. The molecule has 68 heavy (non-hydrogen) atoms. The van der Waals surface area contributed by atoms with Crippen molar-refractivity contribution in [1.82, 2.24) is 9.78 Å². The van der Waals surface area contributed by atoms with Crippen molar-refractivity contribution < 1.29 is 100.0 Å². The minimum absolute atomic E-state index is 0.0833. The highest BCUT2D eigenvalue weighted by molar-refractivity contribution is 7.95. The van der Waals surface area contributed by atoms with Crippen molar-refractivity contribution in [2.45, 2.75) is 24.5 Å². The summed E-state index contributed by atoms with van der Waals surface area (Å²) in [5, 5.41) is 116. The number of carboxylic acids is 1. The first-order chi connectivity index (χ1) is 32.3. The van der Waals surface area contributed by atoms with Gasteiger partial charge in [0.1, 0.15) is 32.5 Å². The summed E-state index contributed by atoms with van der Waals surface area (Å²) >= 11 is 0.872. The number of carbonyl (C=O) groups is 1. The lowest BCUT2D eigenvalue weighted by molar-refractivity contribution is -0.432. The molecule has 0 bridgehead atoms. The van der Waals surface area contributed by atoms with E-state index in [0.717, 1.165) is 41.1 Å². The molecule has 0 saturated carbocycles. The Balaban J connectivity index is 1.43. The second-order valence-corrected chi connectivity index (χ2v) is 17.3. The number of nitrogens with zero attached hydrogens (tertiary/aromatic N) is 9. The van der Waals surface area contributed by atoms with E-state index >= 15 is 0 Å². The van der Waals surface area contributed by atoms with Gasteiger partial charge >= 0.3 is 5.97 Å². The molecule has 6 rings (SSSR count). The molecule has 0 radical (unpaired) electrons. The zero-order chi connectivity index (χ0) is 49.5. The van der Waals surface area contributed by atoms with Crippen molar-refractivity contribution in [3.05, 3.63) is 88.6 Å². The predicted octanol–water partition coefficient (Wildman–Crippen LogP) is 8.77. The number of rotatable bonds is 20. The molecule has 1 heterocycles. The Morgan fingerprint density at radius 1 is 0.662 bits per heavy atom. The Hall–Kier alpha value is -6.85. The minimum Gasteiger partial charge on any atom is -0.505 e. The van der Waals surface area contributed by atoms with Crippen LogP contribution >= 0.6 is 36.1 Å². The number of azo groups is 3. The topological polar surface area (TPSA) is 458 Å². The van der Waals surface area contributed by atoms with E-state index in [1.54, 1.807) is 0 Å². The van der Waals surface area contributed by atoms with E-state index in [2.05, 4.69) is 63.9 Å². The predicted molar refractivity (Wildman–Crippen MR) is 223 cm³/mol. The average Bonchev–Trinajstić information content (AvgIpc) is 3.63. The largest absolute Gasteiger partial charge is 0.505 e. The van der Waals surface area contributed by atoms with Gasteiger partial charge in [-0.3, -0.25) is 19.2 Å². The van der Waals surface area contributed by atoms with E-state index in [1.807, 2.05) is 0 Å². The number of aromatic carboxylic acids is 1. The molecule has 31 nitrogen and oxygen atoms in total. The van der Waals surface area contributed by atoms with Crippen molar-refractivity contribution in [2.24, 2.45) is 30.7 Å². The smallest absolute Gasteiger partial charge is 0.358 e. The minimum atomic E-state index is -5.32. The third-order valence-corrected chi connectivity index (χ3v) is 11.9. The number of non-ortho nitro benzene ring substituents is 1. The third kappa shape index (κ3) is 11.5. The summed E-state index contributed by atoms with van der Waals surface area (Å²) in [5.74, 6) is -4.82. The van der Waals surface area contributed by atoms with E-state index in [-0.39, 0.29) is 40.4 Å². The lowest BCUT2D eigenvalue weighted by Gasteiger charge is -2.13.